The molecule has 0 rings (SSSR count). The molecular formula is C10H24S. The fourth-order valence-corrected chi connectivity index (χ4v) is 1.19. The summed E-state index contributed by atoms with van der Waals surface area (Å²) in [6.45, 7) is 8.92. The number of thioether (sulfide) groups is 1. The molecule has 0 aromatic carbocycles. The first-order valence-corrected chi connectivity index (χ1v) is 6.07. The standard InChI is InChI=1S/C6H14.C4H10S/c1-4-5-6(2)3;1-3-4-5-2/h6H,4-5H2,1-3H3;3-4H2,1-2H3. The van der Waals surface area contributed by atoms with Gasteiger partial charge in [0.15, 0.2) is 0 Å². The zero-order valence-corrected chi connectivity index (χ0v) is 9.63. The van der Waals surface area contributed by atoms with Crippen molar-refractivity contribution in [2.45, 2.75) is 47.0 Å². The highest BCUT2D eigenvalue weighted by atomic mass is 32.2. The molecule has 0 saturated carbocycles. The largest absolute Gasteiger partial charge is 0.165 e. The minimum absolute atomic E-state index is 0.898. The van der Waals surface area contributed by atoms with Crippen molar-refractivity contribution in [1.82, 2.24) is 0 Å². The van der Waals surface area contributed by atoms with Gasteiger partial charge in [0.25, 0.3) is 0 Å². The van der Waals surface area contributed by atoms with Gasteiger partial charge >= 0.3 is 0 Å². The van der Waals surface area contributed by atoms with Crippen molar-refractivity contribution >= 4 is 11.8 Å². The molecule has 0 aromatic heterocycles. The quantitative estimate of drug-likeness (QED) is 0.618. The van der Waals surface area contributed by atoms with Gasteiger partial charge in [-0.15, -0.1) is 0 Å². The minimum atomic E-state index is 0.898. The van der Waals surface area contributed by atoms with Crippen LogP contribution >= 0.6 is 11.8 Å². The lowest BCUT2D eigenvalue weighted by Gasteiger charge is -1.95. The van der Waals surface area contributed by atoms with Gasteiger partial charge in [-0.1, -0.05) is 40.5 Å². The van der Waals surface area contributed by atoms with Gasteiger partial charge in [-0.25, -0.2) is 0 Å². The van der Waals surface area contributed by atoms with E-state index in [4.69, 9.17) is 0 Å². The lowest BCUT2D eigenvalue weighted by molar-refractivity contribution is 0.576. The summed E-state index contributed by atoms with van der Waals surface area (Å²) in [5.74, 6) is 2.20. The van der Waals surface area contributed by atoms with E-state index in [-0.39, 0.29) is 0 Å². The van der Waals surface area contributed by atoms with Crippen LogP contribution in [0.1, 0.15) is 47.0 Å². The minimum Gasteiger partial charge on any atom is -0.165 e. The van der Waals surface area contributed by atoms with Crippen molar-refractivity contribution < 1.29 is 0 Å². The van der Waals surface area contributed by atoms with Crippen LogP contribution in [0.2, 0.25) is 0 Å². The highest BCUT2D eigenvalue weighted by Crippen LogP contribution is 2.00. The third kappa shape index (κ3) is 25.2. The van der Waals surface area contributed by atoms with Gasteiger partial charge in [0.1, 0.15) is 0 Å². The zero-order chi connectivity index (χ0) is 9.11. The Hall–Kier alpha value is 0.350. The van der Waals surface area contributed by atoms with Crippen LogP contribution < -0.4 is 0 Å². The third-order valence-electron chi connectivity index (χ3n) is 1.27. The van der Waals surface area contributed by atoms with Gasteiger partial charge in [-0.05, 0) is 24.3 Å². The van der Waals surface area contributed by atoms with Crippen molar-refractivity contribution in [3.05, 3.63) is 0 Å². The second kappa shape index (κ2) is 13.0. The molecule has 0 bridgehead atoms. The molecule has 0 unspecified atom stereocenters. The third-order valence-corrected chi connectivity index (χ3v) is 2.09. The molecule has 0 fully saturated rings. The molecular weight excluding hydrogens is 152 g/mol. The maximum Gasteiger partial charge on any atom is -0.00729 e. The van der Waals surface area contributed by atoms with Crippen LogP contribution in [0.15, 0.2) is 0 Å². The molecule has 70 valence electrons. The molecule has 0 amide bonds. The molecule has 0 aromatic rings. The second-order valence-corrected chi connectivity index (χ2v) is 4.16. The summed E-state index contributed by atoms with van der Waals surface area (Å²) in [6, 6.07) is 0. The van der Waals surface area contributed by atoms with E-state index >= 15 is 0 Å². The molecule has 0 nitrogen and oxygen atoms in total. The van der Waals surface area contributed by atoms with Crippen LogP contribution in [-0.4, -0.2) is 12.0 Å². The molecule has 0 aliphatic carbocycles. The van der Waals surface area contributed by atoms with Crippen LogP contribution in [0.25, 0.3) is 0 Å². The van der Waals surface area contributed by atoms with Gasteiger partial charge in [0.2, 0.25) is 0 Å². The first-order chi connectivity index (χ1) is 5.18. The summed E-state index contributed by atoms with van der Waals surface area (Å²) in [6.07, 6.45) is 6.14. The van der Waals surface area contributed by atoms with E-state index in [1.54, 1.807) is 0 Å². The van der Waals surface area contributed by atoms with Gasteiger partial charge in [0.05, 0.1) is 0 Å². The van der Waals surface area contributed by atoms with Gasteiger partial charge in [-0.2, -0.15) is 11.8 Å². The summed E-state index contributed by atoms with van der Waals surface area (Å²) in [5, 5.41) is 0. The Morgan fingerprint density at radius 2 is 1.64 bits per heavy atom. The highest BCUT2D eigenvalue weighted by molar-refractivity contribution is 7.98. The Bertz CT molecular complexity index is 48.8. The molecule has 0 saturated heterocycles. The van der Waals surface area contributed by atoms with E-state index in [9.17, 15) is 0 Å². The fourth-order valence-electron chi connectivity index (χ4n) is 0.781. The maximum atomic E-state index is 2.25. The Morgan fingerprint density at radius 1 is 1.09 bits per heavy atom. The van der Waals surface area contributed by atoms with Gasteiger partial charge in [0, 0.05) is 0 Å². The van der Waals surface area contributed by atoms with Crippen LogP contribution in [0.4, 0.5) is 0 Å². The van der Waals surface area contributed by atoms with Crippen LogP contribution in [0, 0.1) is 5.92 Å². The van der Waals surface area contributed by atoms with Crippen LogP contribution in [0.3, 0.4) is 0 Å². The molecule has 0 aliphatic heterocycles. The molecule has 0 heterocycles. The Morgan fingerprint density at radius 3 is 1.64 bits per heavy atom. The second-order valence-electron chi connectivity index (χ2n) is 3.18. The molecule has 1 heteroatoms. The van der Waals surface area contributed by atoms with E-state index in [0.29, 0.717) is 0 Å². The van der Waals surface area contributed by atoms with Crippen LogP contribution in [-0.2, 0) is 0 Å². The summed E-state index contributed by atoms with van der Waals surface area (Å²) >= 11 is 1.90. The topological polar surface area (TPSA) is 0 Å². The molecule has 0 radical (unpaired) electrons. The molecule has 0 aliphatic rings. The van der Waals surface area contributed by atoms with Crippen molar-refractivity contribution in [3.8, 4) is 0 Å². The summed E-state index contributed by atoms with van der Waals surface area (Å²) in [5.41, 5.74) is 0. The zero-order valence-electron chi connectivity index (χ0n) is 8.81. The Balaban J connectivity index is 0. The van der Waals surface area contributed by atoms with Gasteiger partial charge in [-0.3, -0.25) is 0 Å². The number of rotatable bonds is 4. The lowest BCUT2D eigenvalue weighted by Crippen LogP contribution is -1.81. The van der Waals surface area contributed by atoms with Crippen molar-refractivity contribution in [2.75, 3.05) is 12.0 Å². The SMILES string of the molecule is CCCC(C)C.CCCSC. The molecule has 0 spiro atoms. The Labute approximate surface area is 77.2 Å². The van der Waals surface area contributed by atoms with Crippen molar-refractivity contribution in [3.63, 3.8) is 0 Å². The summed E-state index contributed by atoms with van der Waals surface area (Å²) in [4.78, 5) is 0. The first kappa shape index (κ1) is 13.9. The molecule has 0 N–H and O–H groups in total. The number of hydrogen-bond acceptors (Lipinski definition) is 1. The summed E-state index contributed by atoms with van der Waals surface area (Å²) in [7, 11) is 0. The molecule has 11 heavy (non-hydrogen) atoms. The Kier molecular flexibility index (Phi) is 16.4. The van der Waals surface area contributed by atoms with E-state index in [0.717, 1.165) is 5.92 Å². The predicted octanol–water partition coefficient (Wildman–Crippen LogP) is 4.20. The molecule has 0 atom stereocenters. The normalized spacial score (nSPS) is 9.27. The van der Waals surface area contributed by atoms with E-state index < -0.39 is 0 Å². The summed E-state index contributed by atoms with van der Waals surface area (Å²) < 4.78 is 0. The monoisotopic (exact) mass is 176 g/mol. The fraction of sp³-hybridized carbons (Fsp3) is 1.00. The van der Waals surface area contributed by atoms with E-state index in [1.807, 2.05) is 11.8 Å². The first-order valence-electron chi connectivity index (χ1n) is 4.67. The maximum absolute atomic E-state index is 2.25. The van der Waals surface area contributed by atoms with Crippen molar-refractivity contribution in [2.24, 2.45) is 5.92 Å². The number of hydrogen-bond donors (Lipinski definition) is 0. The highest BCUT2D eigenvalue weighted by Gasteiger charge is 1.85. The predicted molar refractivity (Wildman–Crippen MR) is 58.4 cm³/mol. The average Bonchev–Trinajstić information content (AvgIpc) is 1.90. The van der Waals surface area contributed by atoms with E-state index in [1.165, 1.54) is 25.0 Å². The van der Waals surface area contributed by atoms with Gasteiger partial charge < -0.3 is 0 Å². The van der Waals surface area contributed by atoms with Crippen LogP contribution in [0.5, 0.6) is 0 Å². The average molecular weight is 176 g/mol. The smallest absolute Gasteiger partial charge is 0.00729 e. The van der Waals surface area contributed by atoms with Crippen molar-refractivity contribution in [1.29, 1.82) is 0 Å². The lowest BCUT2D eigenvalue weighted by atomic mass is 10.1. The van der Waals surface area contributed by atoms with E-state index in [2.05, 4.69) is 34.0 Å².